The van der Waals surface area contributed by atoms with Crippen LogP contribution in [-0.4, -0.2) is 23.3 Å². The van der Waals surface area contributed by atoms with Gasteiger partial charge in [-0.15, -0.1) is 0 Å². The minimum Gasteiger partial charge on any atom is -0.489 e. The summed E-state index contributed by atoms with van der Waals surface area (Å²) in [5, 5.41) is 0.324. The number of benzene rings is 3. The lowest BCUT2D eigenvalue weighted by Gasteiger charge is -2.26. The monoisotopic (exact) mass is 616 g/mol. The highest BCUT2D eigenvalue weighted by molar-refractivity contribution is 7.07. The number of carbonyl (C=O) groups is 1. The van der Waals surface area contributed by atoms with Crippen LogP contribution in [0.5, 0.6) is 5.75 Å². The van der Waals surface area contributed by atoms with E-state index >= 15 is 0 Å². The molecule has 2 heterocycles. The van der Waals surface area contributed by atoms with Gasteiger partial charge in [-0.3, -0.25) is 9.36 Å². The lowest BCUT2D eigenvalue weighted by molar-refractivity contribution is -0.140. The molecule has 0 unspecified atom stereocenters. The van der Waals surface area contributed by atoms with Crippen LogP contribution in [0.15, 0.2) is 93.9 Å². The third-order valence-electron chi connectivity index (χ3n) is 6.26. The third-order valence-corrected chi connectivity index (χ3v) is 7.49. The van der Waals surface area contributed by atoms with Crippen molar-refractivity contribution in [1.82, 2.24) is 4.57 Å². The first-order valence-electron chi connectivity index (χ1n) is 12.6. The number of aromatic nitrogens is 1. The zero-order valence-electron chi connectivity index (χ0n) is 21.8. The Hall–Kier alpha value is -4.22. The predicted octanol–water partition coefficient (Wildman–Crippen LogP) is 5.71. The van der Waals surface area contributed by atoms with Crippen LogP contribution in [0.1, 0.15) is 29.7 Å². The average molecular weight is 617 g/mol. The van der Waals surface area contributed by atoms with E-state index in [0.29, 0.717) is 16.3 Å². The van der Waals surface area contributed by atoms with E-state index in [2.05, 4.69) is 4.99 Å². The highest BCUT2D eigenvalue weighted by Crippen LogP contribution is 2.38. The number of rotatable bonds is 7. The topological polar surface area (TPSA) is 69.9 Å². The Kier molecular flexibility index (Phi) is 8.33. The van der Waals surface area contributed by atoms with Gasteiger partial charge in [0.15, 0.2) is 10.5 Å². The SMILES string of the molecule is CCOC(=O)C1=C(C(F)(F)F)N=c2s/c(=C\c3cccc(OCc4ccc(F)cc4)c3)c(=O)n2[C@@H]1c1ccc(Cl)cc1. The molecule has 0 fully saturated rings. The maximum Gasteiger partial charge on any atom is 0.434 e. The van der Waals surface area contributed by atoms with Crippen LogP contribution in [0.2, 0.25) is 5.02 Å². The Morgan fingerprint density at radius 1 is 1.10 bits per heavy atom. The lowest BCUT2D eigenvalue weighted by atomic mass is 9.95. The first-order chi connectivity index (χ1) is 20.0. The molecule has 3 aromatic carbocycles. The Labute approximate surface area is 245 Å². The number of esters is 1. The van der Waals surface area contributed by atoms with Gasteiger partial charge in [-0.2, -0.15) is 13.2 Å². The molecule has 0 aliphatic carbocycles. The zero-order valence-corrected chi connectivity index (χ0v) is 23.4. The number of halogens is 5. The molecule has 6 nitrogen and oxygen atoms in total. The van der Waals surface area contributed by atoms with Crippen LogP contribution >= 0.6 is 22.9 Å². The van der Waals surface area contributed by atoms with Crippen molar-refractivity contribution < 1.29 is 31.8 Å². The maximum absolute atomic E-state index is 14.2. The molecule has 0 saturated heterocycles. The summed E-state index contributed by atoms with van der Waals surface area (Å²) in [6.45, 7) is 1.46. The summed E-state index contributed by atoms with van der Waals surface area (Å²) in [6, 6.07) is 16.9. The van der Waals surface area contributed by atoms with Gasteiger partial charge in [-0.25, -0.2) is 14.2 Å². The summed E-state index contributed by atoms with van der Waals surface area (Å²) in [4.78, 5) is 30.2. The van der Waals surface area contributed by atoms with E-state index in [1.807, 2.05) is 0 Å². The normalized spacial score (nSPS) is 15.3. The maximum atomic E-state index is 14.2. The van der Waals surface area contributed by atoms with Crippen molar-refractivity contribution in [1.29, 1.82) is 0 Å². The first-order valence-corrected chi connectivity index (χ1v) is 13.8. The van der Waals surface area contributed by atoms with Crippen molar-refractivity contribution in [2.45, 2.75) is 25.7 Å². The third kappa shape index (κ3) is 6.17. The number of allylic oxidation sites excluding steroid dienone is 1. The Morgan fingerprint density at radius 3 is 2.48 bits per heavy atom. The van der Waals surface area contributed by atoms with Gasteiger partial charge in [0, 0.05) is 5.02 Å². The second kappa shape index (κ2) is 11.9. The van der Waals surface area contributed by atoms with Crippen LogP contribution in [0, 0.1) is 5.82 Å². The summed E-state index contributed by atoms with van der Waals surface area (Å²) in [5.74, 6) is -1.13. The second-order valence-electron chi connectivity index (χ2n) is 9.10. The molecule has 5 rings (SSSR count). The number of alkyl halides is 3. The van der Waals surface area contributed by atoms with Gasteiger partial charge >= 0.3 is 12.1 Å². The molecule has 1 aliphatic rings. The highest BCUT2D eigenvalue weighted by Gasteiger charge is 2.45. The summed E-state index contributed by atoms with van der Waals surface area (Å²) in [7, 11) is 0. The van der Waals surface area contributed by atoms with Gasteiger partial charge in [0.05, 0.1) is 22.8 Å². The van der Waals surface area contributed by atoms with Gasteiger partial charge in [-0.05, 0) is 66.1 Å². The van der Waals surface area contributed by atoms with Crippen molar-refractivity contribution in [2.75, 3.05) is 6.61 Å². The highest BCUT2D eigenvalue weighted by atomic mass is 35.5. The van der Waals surface area contributed by atoms with Gasteiger partial charge in [-0.1, -0.05) is 59.3 Å². The van der Waals surface area contributed by atoms with Crippen LogP contribution in [-0.2, 0) is 16.1 Å². The minimum atomic E-state index is -5.00. The van der Waals surface area contributed by atoms with E-state index in [4.69, 9.17) is 21.1 Å². The van der Waals surface area contributed by atoms with Gasteiger partial charge in [0.25, 0.3) is 5.56 Å². The number of ether oxygens (including phenoxy) is 2. The fourth-order valence-electron chi connectivity index (χ4n) is 4.39. The van der Waals surface area contributed by atoms with E-state index < -0.39 is 35.0 Å². The molecule has 1 atom stereocenters. The Morgan fingerprint density at radius 2 is 1.81 bits per heavy atom. The molecule has 42 heavy (non-hydrogen) atoms. The molecule has 1 aromatic heterocycles. The number of nitrogens with zero attached hydrogens (tertiary/aromatic N) is 2. The van der Waals surface area contributed by atoms with Crippen molar-refractivity contribution in [3.63, 3.8) is 0 Å². The molecule has 0 amide bonds. The quantitative estimate of drug-likeness (QED) is 0.197. The van der Waals surface area contributed by atoms with Crippen molar-refractivity contribution in [3.8, 4) is 5.75 Å². The molecule has 12 heteroatoms. The summed E-state index contributed by atoms with van der Waals surface area (Å²) >= 11 is 6.77. The minimum absolute atomic E-state index is 0.0926. The molecule has 216 valence electrons. The summed E-state index contributed by atoms with van der Waals surface area (Å²) in [6.07, 6.45) is -3.49. The number of thiazole rings is 1. The Balaban J connectivity index is 1.61. The standard InChI is InChI=1S/C30H21ClF4N2O4S/c1-2-40-28(39)24-25(19-8-10-20(31)11-9-19)37-27(38)23(42-29(37)36-26(24)30(33,34)35)15-18-4-3-5-22(14-18)41-16-17-6-12-21(32)13-7-17/h3-15,25H,2,16H2,1H3/b23-15-/t25-/m1/s1. The molecule has 0 bridgehead atoms. The van der Waals surface area contributed by atoms with Crippen molar-refractivity contribution in [2.24, 2.45) is 4.99 Å². The van der Waals surface area contributed by atoms with E-state index in [-0.39, 0.29) is 33.9 Å². The van der Waals surface area contributed by atoms with E-state index in [1.54, 1.807) is 36.4 Å². The molecule has 0 spiro atoms. The van der Waals surface area contributed by atoms with E-state index in [9.17, 15) is 27.2 Å². The lowest BCUT2D eigenvalue weighted by Crippen LogP contribution is -2.41. The van der Waals surface area contributed by atoms with Crippen LogP contribution in [0.4, 0.5) is 17.6 Å². The number of hydrogen-bond acceptors (Lipinski definition) is 6. The van der Waals surface area contributed by atoms with Crippen LogP contribution in [0.25, 0.3) is 6.08 Å². The number of hydrogen-bond donors (Lipinski definition) is 0. The van der Waals surface area contributed by atoms with Gasteiger partial charge in [0.1, 0.15) is 18.2 Å². The van der Waals surface area contributed by atoms with Crippen LogP contribution < -0.4 is 19.6 Å². The second-order valence-corrected chi connectivity index (χ2v) is 10.5. The van der Waals surface area contributed by atoms with E-state index in [0.717, 1.165) is 21.5 Å². The molecular formula is C30H21ClF4N2O4S. The largest absolute Gasteiger partial charge is 0.489 e. The smallest absolute Gasteiger partial charge is 0.434 e. The fourth-order valence-corrected chi connectivity index (χ4v) is 5.52. The zero-order chi connectivity index (χ0) is 30.0. The first kappa shape index (κ1) is 29.3. The van der Waals surface area contributed by atoms with Crippen LogP contribution in [0.3, 0.4) is 0 Å². The van der Waals surface area contributed by atoms with E-state index in [1.165, 1.54) is 49.4 Å². The van der Waals surface area contributed by atoms with Crippen molar-refractivity contribution >= 4 is 35.0 Å². The molecule has 0 N–H and O–H groups in total. The van der Waals surface area contributed by atoms with Gasteiger partial charge < -0.3 is 9.47 Å². The molecular weight excluding hydrogens is 596 g/mol. The predicted molar refractivity (Wildman–Crippen MR) is 149 cm³/mol. The van der Waals surface area contributed by atoms with Crippen molar-refractivity contribution in [3.05, 3.63) is 131 Å². The van der Waals surface area contributed by atoms with Gasteiger partial charge in [0.2, 0.25) is 0 Å². The number of fused-ring (bicyclic) bond motifs is 1. The Bertz CT molecular complexity index is 1850. The molecule has 0 saturated carbocycles. The molecule has 0 radical (unpaired) electrons. The average Bonchev–Trinajstić information content (AvgIpc) is 3.26. The fraction of sp³-hybridized carbons (Fsp3) is 0.167. The summed E-state index contributed by atoms with van der Waals surface area (Å²) in [5.41, 5.74) is -1.34. The summed E-state index contributed by atoms with van der Waals surface area (Å²) < 4.78 is 67.8. The number of carbonyl (C=O) groups excluding carboxylic acids is 1. The molecule has 1 aliphatic heterocycles. The molecule has 4 aromatic rings.